The van der Waals surface area contributed by atoms with E-state index in [-0.39, 0.29) is 17.3 Å². The van der Waals surface area contributed by atoms with Gasteiger partial charge in [-0.2, -0.15) is 14.9 Å². The number of carbonyl (C=O) groups excluding carboxylic acids is 1. The standard InChI is InChI=1S/C24H20FN5O2/c1-15-4-2-3-5-20(15)30-21(32)11-10-19(27-30)22-23(17-6-8-18(25)9-7-17)28-29-13-16(14-31)12-26-24(22)29/h2-11,14,16,26H,12-13H2,1H3. The minimum atomic E-state index is -0.343. The summed E-state index contributed by atoms with van der Waals surface area (Å²) in [5, 5.41) is 12.7. The molecule has 7 nitrogen and oxygen atoms in total. The summed E-state index contributed by atoms with van der Waals surface area (Å²) in [7, 11) is 0. The molecule has 8 heteroatoms. The molecule has 1 unspecified atom stereocenters. The lowest BCUT2D eigenvalue weighted by atomic mass is 10.0. The Hall–Kier alpha value is -4.07. The number of rotatable bonds is 4. The van der Waals surface area contributed by atoms with Gasteiger partial charge in [0.2, 0.25) is 0 Å². The fourth-order valence-corrected chi connectivity index (χ4v) is 3.95. The van der Waals surface area contributed by atoms with Crippen LogP contribution in [-0.2, 0) is 11.3 Å². The smallest absolute Gasteiger partial charge is 0.271 e. The molecule has 2 aromatic heterocycles. The van der Waals surface area contributed by atoms with Gasteiger partial charge in [-0.05, 0) is 48.9 Å². The molecule has 1 N–H and O–H groups in total. The largest absolute Gasteiger partial charge is 0.369 e. The highest BCUT2D eigenvalue weighted by Crippen LogP contribution is 2.38. The first kappa shape index (κ1) is 19.9. The van der Waals surface area contributed by atoms with Crippen molar-refractivity contribution in [2.24, 2.45) is 5.92 Å². The van der Waals surface area contributed by atoms with Crippen LogP contribution in [0.3, 0.4) is 0 Å². The topological polar surface area (TPSA) is 81.8 Å². The Morgan fingerprint density at radius 2 is 1.84 bits per heavy atom. The number of aromatic nitrogens is 4. The van der Waals surface area contributed by atoms with Gasteiger partial charge in [0.15, 0.2) is 0 Å². The van der Waals surface area contributed by atoms with Gasteiger partial charge in [0, 0.05) is 18.2 Å². The maximum atomic E-state index is 13.5. The Kier molecular flexibility index (Phi) is 4.89. The number of aldehydes is 1. The van der Waals surface area contributed by atoms with Gasteiger partial charge in [-0.25, -0.2) is 9.07 Å². The van der Waals surface area contributed by atoms with Crippen LogP contribution in [0.2, 0.25) is 0 Å². The molecule has 160 valence electrons. The number of fused-ring (bicyclic) bond motifs is 1. The maximum Gasteiger partial charge on any atom is 0.271 e. The first-order valence-electron chi connectivity index (χ1n) is 10.3. The van der Waals surface area contributed by atoms with E-state index in [1.807, 2.05) is 31.2 Å². The van der Waals surface area contributed by atoms with Crippen molar-refractivity contribution in [3.8, 4) is 28.2 Å². The molecule has 32 heavy (non-hydrogen) atoms. The first-order valence-corrected chi connectivity index (χ1v) is 10.3. The Balaban J connectivity index is 1.73. The van der Waals surface area contributed by atoms with Crippen LogP contribution in [0.15, 0.2) is 65.5 Å². The second-order valence-electron chi connectivity index (χ2n) is 7.79. The summed E-state index contributed by atoms with van der Waals surface area (Å²) in [6.45, 7) is 2.82. The van der Waals surface area contributed by atoms with E-state index in [2.05, 4.69) is 10.4 Å². The van der Waals surface area contributed by atoms with Gasteiger partial charge in [0.05, 0.1) is 29.4 Å². The molecular weight excluding hydrogens is 409 g/mol. The summed E-state index contributed by atoms with van der Waals surface area (Å²) in [6, 6.07) is 16.7. The average Bonchev–Trinajstić information content (AvgIpc) is 3.19. The molecule has 5 rings (SSSR count). The van der Waals surface area contributed by atoms with Crippen LogP contribution in [0.4, 0.5) is 10.2 Å². The molecular formula is C24H20FN5O2. The lowest BCUT2D eigenvalue weighted by Gasteiger charge is -2.21. The maximum absolute atomic E-state index is 13.5. The summed E-state index contributed by atoms with van der Waals surface area (Å²) in [4.78, 5) is 24.0. The third-order valence-corrected chi connectivity index (χ3v) is 5.60. The van der Waals surface area contributed by atoms with Gasteiger partial charge in [-0.1, -0.05) is 18.2 Å². The fraction of sp³-hybridized carbons (Fsp3) is 0.167. The summed E-state index contributed by atoms with van der Waals surface area (Å²) in [6.07, 6.45) is 0.908. The zero-order valence-corrected chi connectivity index (χ0v) is 17.3. The Morgan fingerprint density at radius 1 is 1.06 bits per heavy atom. The molecule has 0 saturated carbocycles. The van der Waals surface area contributed by atoms with Crippen molar-refractivity contribution >= 4 is 12.1 Å². The quantitative estimate of drug-likeness (QED) is 0.503. The molecule has 4 aromatic rings. The Labute approximate surface area is 183 Å². The second-order valence-corrected chi connectivity index (χ2v) is 7.79. The van der Waals surface area contributed by atoms with Gasteiger partial charge in [-0.15, -0.1) is 0 Å². The number of anilines is 1. The van der Waals surface area contributed by atoms with Crippen LogP contribution < -0.4 is 10.9 Å². The number of aryl methyl sites for hydroxylation is 1. The number of halogens is 1. The Morgan fingerprint density at radius 3 is 2.59 bits per heavy atom. The van der Waals surface area contributed by atoms with Crippen molar-refractivity contribution in [3.63, 3.8) is 0 Å². The monoisotopic (exact) mass is 429 g/mol. The van der Waals surface area contributed by atoms with Crippen LogP contribution in [0.5, 0.6) is 0 Å². The highest BCUT2D eigenvalue weighted by atomic mass is 19.1. The lowest BCUT2D eigenvalue weighted by Crippen LogP contribution is -2.29. The van der Waals surface area contributed by atoms with E-state index in [0.717, 1.165) is 11.8 Å². The minimum absolute atomic E-state index is 0.204. The number of hydrogen-bond donors (Lipinski definition) is 1. The number of benzene rings is 2. The number of hydrogen-bond acceptors (Lipinski definition) is 5. The average molecular weight is 429 g/mol. The summed E-state index contributed by atoms with van der Waals surface area (Å²) in [5.41, 5.74) is 3.92. The Bertz CT molecular complexity index is 1370. The van der Waals surface area contributed by atoms with Crippen molar-refractivity contribution in [3.05, 3.63) is 82.4 Å². The zero-order valence-electron chi connectivity index (χ0n) is 17.3. The molecule has 0 fully saturated rings. The molecule has 1 aliphatic rings. The molecule has 0 bridgehead atoms. The normalized spacial score (nSPS) is 15.1. The van der Waals surface area contributed by atoms with Gasteiger partial charge in [0.25, 0.3) is 5.56 Å². The van der Waals surface area contributed by atoms with Crippen LogP contribution in [0.25, 0.3) is 28.2 Å². The molecule has 0 amide bonds. The summed E-state index contributed by atoms with van der Waals surface area (Å²) >= 11 is 0. The summed E-state index contributed by atoms with van der Waals surface area (Å²) in [5.74, 6) is 0.166. The van der Waals surface area contributed by atoms with Gasteiger partial charge >= 0.3 is 0 Å². The van der Waals surface area contributed by atoms with Gasteiger partial charge < -0.3 is 10.1 Å². The third kappa shape index (κ3) is 3.39. The molecule has 3 heterocycles. The number of para-hydroxylation sites is 1. The SMILES string of the molecule is Cc1ccccc1-n1nc(-c2c(-c3ccc(F)cc3)nn3c2NCC(C=O)C3)ccc1=O. The van der Waals surface area contributed by atoms with Crippen molar-refractivity contribution < 1.29 is 9.18 Å². The minimum Gasteiger partial charge on any atom is -0.369 e. The van der Waals surface area contributed by atoms with Crippen molar-refractivity contribution in [2.75, 3.05) is 11.9 Å². The van der Waals surface area contributed by atoms with E-state index in [4.69, 9.17) is 5.10 Å². The van der Waals surface area contributed by atoms with Gasteiger partial charge in [0.1, 0.15) is 23.6 Å². The third-order valence-electron chi connectivity index (χ3n) is 5.60. The van der Waals surface area contributed by atoms with Crippen LogP contribution >= 0.6 is 0 Å². The van der Waals surface area contributed by atoms with E-state index < -0.39 is 0 Å². The molecule has 0 saturated heterocycles. The number of carbonyl (C=O) groups is 1. The first-order chi connectivity index (χ1) is 15.5. The molecule has 0 radical (unpaired) electrons. The lowest BCUT2D eigenvalue weighted by molar-refractivity contribution is -0.111. The van der Waals surface area contributed by atoms with Gasteiger partial charge in [-0.3, -0.25) is 4.79 Å². The molecule has 1 aliphatic heterocycles. The van der Waals surface area contributed by atoms with Crippen LogP contribution in [0.1, 0.15) is 5.56 Å². The molecule has 1 atom stereocenters. The number of nitrogens with one attached hydrogen (secondary N) is 1. The van der Waals surface area contributed by atoms with Crippen LogP contribution in [0, 0.1) is 18.7 Å². The predicted octanol–water partition coefficient (Wildman–Crippen LogP) is 3.45. The highest BCUT2D eigenvalue weighted by Gasteiger charge is 2.27. The van der Waals surface area contributed by atoms with Crippen LogP contribution in [-0.4, -0.2) is 32.4 Å². The zero-order chi connectivity index (χ0) is 22.2. The fourth-order valence-electron chi connectivity index (χ4n) is 3.95. The van der Waals surface area contributed by atoms with Crippen molar-refractivity contribution in [2.45, 2.75) is 13.5 Å². The second kappa shape index (κ2) is 7.88. The molecule has 0 aliphatic carbocycles. The molecule has 2 aromatic carbocycles. The van der Waals surface area contributed by atoms with E-state index in [9.17, 15) is 14.0 Å². The van der Waals surface area contributed by atoms with Crippen molar-refractivity contribution in [1.82, 2.24) is 19.6 Å². The highest BCUT2D eigenvalue weighted by molar-refractivity contribution is 5.87. The van der Waals surface area contributed by atoms with Crippen molar-refractivity contribution in [1.29, 1.82) is 0 Å². The van der Waals surface area contributed by atoms with E-state index in [1.165, 1.54) is 22.9 Å². The predicted molar refractivity (Wildman–Crippen MR) is 119 cm³/mol. The number of nitrogens with zero attached hydrogens (tertiary/aromatic N) is 4. The summed E-state index contributed by atoms with van der Waals surface area (Å²) < 4.78 is 16.7. The molecule has 0 spiro atoms. The van der Waals surface area contributed by atoms with E-state index in [0.29, 0.717) is 47.1 Å². The van der Waals surface area contributed by atoms with E-state index in [1.54, 1.807) is 22.9 Å². The van der Waals surface area contributed by atoms with E-state index >= 15 is 0 Å².